The highest BCUT2D eigenvalue weighted by Crippen LogP contribution is 2.19. The second-order valence-electron chi connectivity index (χ2n) is 4.96. The summed E-state index contributed by atoms with van der Waals surface area (Å²) >= 11 is 0. The topological polar surface area (TPSA) is 47.8 Å². The summed E-state index contributed by atoms with van der Waals surface area (Å²) in [6.07, 6.45) is 1.52. The molecule has 0 aliphatic carbocycles. The number of benzene rings is 2. The third kappa shape index (κ3) is 2.36. The van der Waals surface area contributed by atoms with Crippen molar-refractivity contribution >= 4 is 5.78 Å². The molecule has 3 rings (SSSR count). The Balaban J connectivity index is 2.11. The highest BCUT2D eigenvalue weighted by atomic mass is 16.1. The Hall–Kier alpha value is -2.75. The maximum Gasteiger partial charge on any atom is 0.213 e. The van der Waals surface area contributed by atoms with Crippen LogP contribution < -0.4 is 0 Å². The number of rotatable bonds is 3. The maximum atomic E-state index is 12.8. The molecular weight excluding hydrogens is 262 g/mol. The predicted molar refractivity (Wildman–Crippen MR) is 80.7 cm³/mol. The number of nitrogens with zero attached hydrogens (tertiary/aromatic N) is 3. The second-order valence-corrected chi connectivity index (χ2v) is 4.96. The summed E-state index contributed by atoms with van der Waals surface area (Å²) < 4.78 is 1.58. The predicted octanol–water partition coefficient (Wildman–Crippen LogP) is 3.12. The molecule has 4 nitrogen and oxygen atoms in total. The molecule has 4 heteroatoms. The van der Waals surface area contributed by atoms with Crippen LogP contribution in [0, 0.1) is 13.8 Å². The van der Waals surface area contributed by atoms with Gasteiger partial charge in [0.25, 0.3) is 0 Å². The molecule has 0 spiro atoms. The molecule has 0 amide bonds. The van der Waals surface area contributed by atoms with Gasteiger partial charge in [-0.2, -0.15) is 0 Å². The van der Waals surface area contributed by atoms with Gasteiger partial charge in [-0.25, -0.2) is 4.68 Å². The molecule has 3 aromatic rings. The van der Waals surface area contributed by atoms with E-state index < -0.39 is 0 Å². The standard InChI is InChI=1S/C17H15N3O/c1-12-7-6-8-13(2)16(12)17(21)15-11-18-19-20(15)14-9-4-3-5-10-14/h3-11H,1-2H3. The van der Waals surface area contributed by atoms with E-state index in [1.807, 2.05) is 62.4 Å². The highest BCUT2D eigenvalue weighted by molar-refractivity contribution is 6.09. The van der Waals surface area contributed by atoms with Gasteiger partial charge < -0.3 is 0 Å². The van der Waals surface area contributed by atoms with E-state index >= 15 is 0 Å². The number of para-hydroxylation sites is 1. The van der Waals surface area contributed by atoms with Crippen molar-refractivity contribution in [2.45, 2.75) is 13.8 Å². The molecule has 21 heavy (non-hydrogen) atoms. The van der Waals surface area contributed by atoms with E-state index in [0.29, 0.717) is 5.69 Å². The summed E-state index contributed by atoms with van der Waals surface area (Å²) in [4.78, 5) is 12.8. The molecule has 104 valence electrons. The molecule has 0 bridgehead atoms. The summed E-state index contributed by atoms with van der Waals surface area (Å²) in [7, 11) is 0. The molecule has 0 unspecified atom stereocenters. The quantitative estimate of drug-likeness (QED) is 0.691. The van der Waals surface area contributed by atoms with E-state index in [9.17, 15) is 4.79 Å². The average Bonchev–Trinajstić information content (AvgIpc) is 2.97. The highest BCUT2D eigenvalue weighted by Gasteiger charge is 2.19. The summed E-state index contributed by atoms with van der Waals surface area (Å²) in [6, 6.07) is 15.4. The van der Waals surface area contributed by atoms with Crippen LogP contribution in [-0.2, 0) is 0 Å². The van der Waals surface area contributed by atoms with Crippen LogP contribution in [-0.4, -0.2) is 20.8 Å². The minimum Gasteiger partial charge on any atom is -0.287 e. The second kappa shape index (κ2) is 5.32. The van der Waals surface area contributed by atoms with Crippen molar-refractivity contribution in [3.63, 3.8) is 0 Å². The van der Waals surface area contributed by atoms with E-state index in [1.165, 1.54) is 6.20 Å². The lowest BCUT2D eigenvalue weighted by atomic mass is 9.97. The number of aromatic nitrogens is 3. The van der Waals surface area contributed by atoms with Crippen molar-refractivity contribution in [2.24, 2.45) is 0 Å². The third-order valence-corrected chi connectivity index (χ3v) is 3.49. The molecule has 0 aliphatic heterocycles. The number of hydrogen-bond acceptors (Lipinski definition) is 3. The van der Waals surface area contributed by atoms with E-state index in [0.717, 1.165) is 22.4 Å². The molecule has 0 atom stereocenters. The first-order valence-corrected chi connectivity index (χ1v) is 6.75. The Morgan fingerprint density at radius 2 is 1.62 bits per heavy atom. The summed E-state index contributed by atoms with van der Waals surface area (Å²) in [5.74, 6) is -0.0561. The zero-order chi connectivity index (χ0) is 14.8. The van der Waals surface area contributed by atoms with Crippen LogP contribution in [0.1, 0.15) is 27.2 Å². The fourth-order valence-electron chi connectivity index (χ4n) is 2.45. The van der Waals surface area contributed by atoms with E-state index in [1.54, 1.807) is 4.68 Å². The first-order chi connectivity index (χ1) is 10.2. The smallest absolute Gasteiger partial charge is 0.213 e. The number of carbonyl (C=O) groups is 1. The van der Waals surface area contributed by atoms with E-state index in [2.05, 4.69) is 10.3 Å². The van der Waals surface area contributed by atoms with Crippen molar-refractivity contribution in [1.29, 1.82) is 0 Å². The van der Waals surface area contributed by atoms with Crippen molar-refractivity contribution in [3.05, 3.63) is 77.1 Å². The number of carbonyl (C=O) groups excluding carboxylic acids is 1. The van der Waals surface area contributed by atoms with Crippen LogP contribution in [0.3, 0.4) is 0 Å². The van der Waals surface area contributed by atoms with Crippen LogP contribution in [0.5, 0.6) is 0 Å². The van der Waals surface area contributed by atoms with Gasteiger partial charge >= 0.3 is 0 Å². The molecular formula is C17H15N3O. The molecule has 0 radical (unpaired) electrons. The van der Waals surface area contributed by atoms with Crippen LogP contribution in [0.2, 0.25) is 0 Å². The van der Waals surface area contributed by atoms with Crippen molar-refractivity contribution in [3.8, 4) is 5.69 Å². The van der Waals surface area contributed by atoms with Gasteiger partial charge in [0, 0.05) is 5.56 Å². The SMILES string of the molecule is Cc1cccc(C)c1C(=O)c1cnnn1-c1ccccc1. The van der Waals surface area contributed by atoms with E-state index in [-0.39, 0.29) is 5.78 Å². The molecule has 1 aromatic heterocycles. The number of hydrogen-bond donors (Lipinski definition) is 0. The molecule has 1 heterocycles. The van der Waals surface area contributed by atoms with Crippen molar-refractivity contribution in [2.75, 3.05) is 0 Å². The normalized spacial score (nSPS) is 10.6. The third-order valence-electron chi connectivity index (χ3n) is 3.49. The van der Waals surface area contributed by atoms with Gasteiger partial charge in [0.05, 0.1) is 11.9 Å². The zero-order valence-corrected chi connectivity index (χ0v) is 11.9. The summed E-state index contributed by atoms with van der Waals surface area (Å²) in [6.45, 7) is 3.88. The lowest BCUT2D eigenvalue weighted by Gasteiger charge is -2.09. The Morgan fingerprint density at radius 3 is 2.29 bits per heavy atom. The van der Waals surface area contributed by atoms with Gasteiger partial charge in [0.1, 0.15) is 5.69 Å². The Bertz CT molecular complexity index is 771. The van der Waals surface area contributed by atoms with Crippen molar-refractivity contribution < 1.29 is 4.79 Å². The van der Waals surface area contributed by atoms with Gasteiger partial charge in [-0.3, -0.25) is 4.79 Å². The molecule has 0 saturated heterocycles. The van der Waals surface area contributed by atoms with Crippen LogP contribution in [0.4, 0.5) is 0 Å². The lowest BCUT2D eigenvalue weighted by molar-refractivity contribution is 0.103. The lowest BCUT2D eigenvalue weighted by Crippen LogP contribution is -2.12. The van der Waals surface area contributed by atoms with Gasteiger partial charge in [-0.15, -0.1) is 5.10 Å². The van der Waals surface area contributed by atoms with Gasteiger partial charge in [0.2, 0.25) is 5.78 Å². The Morgan fingerprint density at radius 1 is 0.952 bits per heavy atom. The molecule has 0 N–H and O–H groups in total. The minimum atomic E-state index is -0.0561. The first-order valence-electron chi connectivity index (χ1n) is 6.75. The van der Waals surface area contributed by atoms with Gasteiger partial charge in [-0.05, 0) is 37.1 Å². The molecule has 0 aliphatic rings. The number of aryl methyl sites for hydroxylation is 2. The van der Waals surface area contributed by atoms with Crippen LogP contribution >= 0.6 is 0 Å². The maximum absolute atomic E-state index is 12.8. The summed E-state index contributed by atoms with van der Waals surface area (Å²) in [5, 5.41) is 7.93. The molecule has 2 aromatic carbocycles. The summed E-state index contributed by atoms with van der Waals surface area (Å²) in [5.41, 5.74) is 3.93. The van der Waals surface area contributed by atoms with Gasteiger partial charge in [-0.1, -0.05) is 41.6 Å². The fraction of sp³-hybridized carbons (Fsp3) is 0.118. The van der Waals surface area contributed by atoms with Crippen LogP contribution in [0.25, 0.3) is 5.69 Å². The average molecular weight is 277 g/mol. The monoisotopic (exact) mass is 277 g/mol. The largest absolute Gasteiger partial charge is 0.287 e. The Labute approximate surface area is 123 Å². The number of ketones is 1. The van der Waals surface area contributed by atoms with Crippen LogP contribution in [0.15, 0.2) is 54.7 Å². The molecule has 0 saturated carbocycles. The fourth-order valence-corrected chi connectivity index (χ4v) is 2.45. The zero-order valence-electron chi connectivity index (χ0n) is 11.9. The first kappa shape index (κ1) is 13.2. The van der Waals surface area contributed by atoms with Gasteiger partial charge in [0.15, 0.2) is 0 Å². The van der Waals surface area contributed by atoms with Crippen molar-refractivity contribution in [1.82, 2.24) is 15.0 Å². The van der Waals surface area contributed by atoms with E-state index in [4.69, 9.17) is 0 Å². The Kier molecular flexibility index (Phi) is 3.36. The minimum absolute atomic E-state index is 0.0561. The molecule has 0 fully saturated rings.